The van der Waals surface area contributed by atoms with Gasteiger partial charge in [0.15, 0.2) is 0 Å². The van der Waals surface area contributed by atoms with Gasteiger partial charge in [-0.1, -0.05) is 0 Å². The highest BCUT2D eigenvalue weighted by Gasteiger charge is 2.06. The van der Waals surface area contributed by atoms with Gasteiger partial charge in [-0.2, -0.15) is 16.6 Å². The number of aromatic nitrogens is 2. The van der Waals surface area contributed by atoms with Crippen LogP contribution in [-0.4, -0.2) is 9.55 Å². The summed E-state index contributed by atoms with van der Waals surface area (Å²) in [5.41, 5.74) is 0.896. The van der Waals surface area contributed by atoms with E-state index in [-0.39, 0.29) is 5.56 Å². The van der Waals surface area contributed by atoms with Crippen molar-refractivity contribution in [1.29, 1.82) is 5.26 Å². The van der Waals surface area contributed by atoms with E-state index in [1.807, 2.05) is 17.7 Å². The largest absolute Gasteiger partial charge is 0.328 e. The molecule has 86 valence electrons. The van der Waals surface area contributed by atoms with Gasteiger partial charge in [0.2, 0.25) is 0 Å². The van der Waals surface area contributed by atoms with Gasteiger partial charge in [0.1, 0.15) is 11.6 Å². The van der Waals surface area contributed by atoms with Crippen LogP contribution < -0.4 is 11.2 Å². The zero-order valence-corrected chi connectivity index (χ0v) is 9.87. The summed E-state index contributed by atoms with van der Waals surface area (Å²) in [5.74, 6) is 0. The molecule has 17 heavy (non-hydrogen) atoms. The molecule has 0 aliphatic heterocycles. The number of aromatic amines is 1. The van der Waals surface area contributed by atoms with Crippen molar-refractivity contribution in [3.63, 3.8) is 0 Å². The van der Waals surface area contributed by atoms with Crippen LogP contribution in [0.1, 0.15) is 16.7 Å². The minimum atomic E-state index is -0.643. The third kappa shape index (κ3) is 2.19. The van der Waals surface area contributed by atoms with E-state index in [1.54, 1.807) is 17.4 Å². The van der Waals surface area contributed by atoms with Crippen molar-refractivity contribution in [2.24, 2.45) is 0 Å². The molecule has 0 spiro atoms. The first-order valence-electron chi connectivity index (χ1n) is 4.87. The summed E-state index contributed by atoms with van der Waals surface area (Å²) < 4.78 is 1.33. The Bertz CT molecular complexity index is 702. The summed E-state index contributed by atoms with van der Waals surface area (Å²) in [7, 11) is 0. The Kier molecular flexibility index (Phi) is 2.93. The lowest BCUT2D eigenvalue weighted by Gasteiger charge is -2.04. The fourth-order valence-electron chi connectivity index (χ4n) is 1.44. The van der Waals surface area contributed by atoms with E-state index in [0.717, 1.165) is 11.1 Å². The lowest BCUT2D eigenvalue weighted by atomic mass is 10.2. The lowest BCUT2D eigenvalue weighted by molar-refractivity contribution is 0.716. The third-order valence-corrected chi connectivity index (χ3v) is 3.34. The number of nitrogens with zero attached hydrogens (tertiary/aromatic N) is 2. The molecule has 0 aliphatic carbocycles. The van der Waals surface area contributed by atoms with Crippen molar-refractivity contribution in [3.8, 4) is 6.07 Å². The fraction of sp³-hybridized carbons (Fsp3) is 0.182. The quantitative estimate of drug-likeness (QED) is 0.853. The van der Waals surface area contributed by atoms with E-state index < -0.39 is 11.2 Å². The summed E-state index contributed by atoms with van der Waals surface area (Å²) in [6, 6.07) is 1.76. The van der Waals surface area contributed by atoms with Crippen LogP contribution in [0.5, 0.6) is 0 Å². The number of hydrogen-bond acceptors (Lipinski definition) is 4. The van der Waals surface area contributed by atoms with Gasteiger partial charge < -0.3 is 0 Å². The first kappa shape index (κ1) is 11.4. The van der Waals surface area contributed by atoms with Crippen molar-refractivity contribution >= 4 is 11.3 Å². The van der Waals surface area contributed by atoms with Crippen molar-refractivity contribution in [1.82, 2.24) is 9.55 Å². The SMILES string of the molecule is Cc1cscc1Cn1cc(C#N)c(=O)[nH]c1=O. The van der Waals surface area contributed by atoms with E-state index >= 15 is 0 Å². The van der Waals surface area contributed by atoms with Gasteiger partial charge >= 0.3 is 5.69 Å². The Morgan fingerprint density at radius 3 is 2.82 bits per heavy atom. The number of rotatable bonds is 2. The molecule has 0 aromatic carbocycles. The van der Waals surface area contributed by atoms with E-state index in [2.05, 4.69) is 4.98 Å². The smallest absolute Gasteiger partial charge is 0.295 e. The molecule has 0 radical (unpaired) electrons. The molecule has 1 N–H and O–H groups in total. The van der Waals surface area contributed by atoms with Crippen LogP contribution in [0.3, 0.4) is 0 Å². The molecule has 2 aromatic rings. The van der Waals surface area contributed by atoms with Crippen LogP contribution in [0, 0.1) is 18.3 Å². The molecule has 0 saturated carbocycles. The molecule has 0 amide bonds. The van der Waals surface area contributed by atoms with Gasteiger partial charge in [0, 0.05) is 6.20 Å². The molecule has 0 bridgehead atoms. The molecular formula is C11H9N3O2S. The van der Waals surface area contributed by atoms with E-state index in [9.17, 15) is 9.59 Å². The zero-order valence-electron chi connectivity index (χ0n) is 9.06. The highest BCUT2D eigenvalue weighted by atomic mass is 32.1. The average Bonchev–Trinajstić information content (AvgIpc) is 2.68. The van der Waals surface area contributed by atoms with Crippen molar-refractivity contribution in [3.05, 3.63) is 54.5 Å². The van der Waals surface area contributed by atoms with Crippen LogP contribution >= 0.6 is 11.3 Å². The van der Waals surface area contributed by atoms with Gasteiger partial charge in [-0.3, -0.25) is 14.3 Å². The molecular weight excluding hydrogens is 238 g/mol. The zero-order chi connectivity index (χ0) is 12.4. The van der Waals surface area contributed by atoms with Crippen LogP contribution in [0.25, 0.3) is 0 Å². The average molecular weight is 247 g/mol. The standard InChI is InChI=1S/C11H9N3O2S/c1-7-5-17-6-9(7)4-14-3-8(2-12)10(15)13-11(14)16/h3,5-6H,4H2,1H3,(H,13,15,16). The first-order valence-corrected chi connectivity index (χ1v) is 5.81. The maximum absolute atomic E-state index is 11.5. The second-order valence-electron chi connectivity index (χ2n) is 3.62. The second kappa shape index (κ2) is 4.39. The van der Waals surface area contributed by atoms with Crippen LogP contribution in [0.15, 0.2) is 26.5 Å². The number of hydrogen-bond donors (Lipinski definition) is 1. The van der Waals surface area contributed by atoms with Crippen molar-refractivity contribution in [2.45, 2.75) is 13.5 Å². The Morgan fingerprint density at radius 1 is 1.47 bits per heavy atom. The van der Waals surface area contributed by atoms with Gasteiger partial charge in [0.05, 0.1) is 6.54 Å². The lowest BCUT2D eigenvalue weighted by Crippen LogP contribution is -2.31. The summed E-state index contributed by atoms with van der Waals surface area (Å²) in [6.07, 6.45) is 1.29. The third-order valence-electron chi connectivity index (χ3n) is 2.43. The predicted molar refractivity (Wildman–Crippen MR) is 64.2 cm³/mol. The van der Waals surface area contributed by atoms with Crippen LogP contribution in [0.4, 0.5) is 0 Å². The molecule has 0 saturated heterocycles. The number of aryl methyl sites for hydroxylation is 1. The molecule has 0 atom stereocenters. The second-order valence-corrected chi connectivity index (χ2v) is 4.37. The molecule has 0 aliphatic rings. The van der Waals surface area contributed by atoms with Crippen LogP contribution in [0.2, 0.25) is 0 Å². The van der Waals surface area contributed by atoms with Gasteiger partial charge in [-0.15, -0.1) is 0 Å². The Morgan fingerprint density at radius 2 is 2.24 bits per heavy atom. The minimum Gasteiger partial charge on any atom is -0.295 e. The normalized spacial score (nSPS) is 10.1. The Labute approximate surface area is 101 Å². The molecule has 6 heteroatoms. The topological polar surface area (TPSA) is 78.7 Å². The maximum atomic E-state index is 11.5. The maximum Gasteiger partial charge on any atom is 0.328 e. The van der Waals surface area contributed by atoms with Gasteiger partial charge in [-0.25, -0.2) is 4.79 Å². The summed E-state index contributed by atoms with van der Waals surface area (Å²) in [6.45, 7) is 2.31. The van der Waals surface area contributed by atoms with E-state index in [4.69, 9.17) is 5.26 Å². The fourth-order valence-corrected chi connectivity index (χ4v) is 2.29. The number of H-pyrrole nitrogens is 1. The monoisotopic (exact) mass is 247 g/mol. The summed E-state index contributed by atoms with van der Waals surface area (Å²) >= 11 is 1.55. The molecule has 5 nitrogen and oxygen atoms in total. The van der Waals surface area contributed by atoms with Gasteiger partial charge in [0.25, 0.3) is 5.56 Å². The first-order chi connectivity index (χ1) is 8.11. The molecule has 2 rings (SSSR count). The molecule has 2 aromatic heterocycles. The van der Waals surface area contributed by atoms with E-state index in [0.29, 0.717) is 6.54 Å². The molecule has 0 fully saturated rings. The Balaban J connectivity index is 2.48. The Hall–Kier alpha value is -2.13. The highest BCUT2D eigenvalue weighted by molar-refractivity contribution is 7.08. The summed E-state index contributed by atoms with van der Waals surface area (Å²) in [5, 5.41) is 12.7. The van der Waals surface area contributed by atoms with Gasteiger partial charge in [-0.05, 0) is 28.8 Å². The number of thiophene rings is 1. The summed E-state index contributed by atoms with van der Waals surface area (Å²) in [4.78, 5) is 24.9. The predicted octanol–water partition coefficient (Wildman–Crippen LogP) is 0.826. The minimum absolute atomic E-state index is 0.0579. The van der Waals surface area contributed by atoms with Crippen LogP contribution in [-0.2, 0) is 6.54 Å². The highest BCUT2D eigenvalue weighted by Crippen LogP contribution is 2.14. The number of nitriles is 1. The van der Waals surface area contributed by atoms with Crippen molar-refractivity contribution in [2.75, 3.05) is 0 Å². The van der Waals surface area contributed by atoms with Crippen molar-refractivity contribution < 1.29 is 0 Å². The molecule has 0 unspecified atom stereocenters. The number of nitrogens with one attached hydrogen (secondary N) is 1. The molecule has 2 heterocycles. The van der Waals surface area contributed by atoms with E-state index in [1.165, 1.54) is 10.8 Å².